The molecule has 2 amide bonds. The molecule has 0 spiro atoms. The molecule has 1 fully saturated rings. The number of rotatable bonds is 5. The Bertz CT molecular complexity index is 789. The summed E-state index contributed by atoms with van der Waals surface area (Å²) < 4.78 is 9.99. The second kappa shape index (κ2) is 7.99. The summed E-state index contributed by atoms with van der Waals surface area (Å²) in [5.74, 6) is 0.906. The van der Waals surface area contributed by atoms with E-state index in [0.29, 0.717) is 36.8 Å². The minimum absolute atomic E-state index is 0.0474. The summed E-state index contributed by atoms with van der Waals surface area (Å²) in [6, 6.07) is 4.92. The topological polar surface area (TPSA) is 97.6 Å². The number of nitrogens with zero attached hydrogens (tertiary/aromatic N) is 3. The second-order valence-corrected chi connectivity index (χ2v) is 6.38. The number of nitrogens with one attached hydrogen (secondary N) is 1. The van der Waals surface area contributed by atoms with E-state index < -0.39 is 0 Å². The van der Waals surface area contributed by atoms with Crippen molar-refractivity contribution < 1.29 is 18.8 Å². The van der Waals surface area contributed by atoms with Gasteiger partial charge in [0.25, 0.3) is 11.8 Å². The number of carbonyl (C=O) groups is 2. The lowest BCUT2D eigenvalue weighted by atomic mass is 9.97. The highest BCUT2D eigenvalue weighted by atomic mass is 16.5. The lowest BCUT2D eigenvalue weighted by Gasteiger charge is -2.33. The summed E-state index contributed by atoms with van der Waals surface area (Å²) in [5, 5.41) is 6.58. The normalized spacial score (nSPS) is 17.0. The van der Waals surface area contributed by atoms with Crippen LogP contribution in [-0.4, -0.2) is 53.6 Å². The highest BCUT2D eigenvalue weighted by molar-refractivity contribution is 5.94. The van der Waals surface area contributed by atoms with E-state index in [2.05, 4.69) is 15.5 Å². The number of aromatic nitrogens is 2. The average molecular weight is 358 g/mol. The summed E-state index contributed by atoms with van der Waals surface area (Å²) in [6.45, 7) is 3.54. The summed E-state index contributed by atoms with van der Waals surface area (Å²) in [5.41, 5.74) is 0.828. The van der Waals surface area contributed by atoms with E-state index in [9.17, 15) is 9.59 Å². The van der Waals surface area contributed by atoms with E-state index in [1.165, 1.54) is 7.11 Å². The van der Waals surface area contributed by atoms with Gasteiger partial charge in [-0.1, -0.05) is 5.16 Å². The molecule has 0 aliphatic carbocycles. The molecule has 0 saturated carbocycles. The van der Waals surface area contributed by atoms with Gasteiger partial charge in [0, 0.05) is 43.5 Å². The Morgan fingerprint density at radius 3 is 3.00 bits per heavy atom. The Morgan fingerprint density at radius 2 is 2.27 bits per heavy atom. The van der Waals surface area contributed by atoms with Crippen LogP contribution in [0.2, 0.25) is 0 Å². The van der Waals surface area contributed by atoms with Crippen LogP contribution in [0.5, 0.6) is 5.88 Å². The summed E-state index contributed by atoms with van der Waals surface area (Å²) in [6.07, 6.45) is 3.42. The number of hydrogen-bond donors (Lipinski definition) is 1. The summed E-state index contributed by atoms with van der Waals surface area (Å²) >= 11 is 0. The highest BCUT2D eigenvalue weighted by Gasteiger charge is 2.25. The molecule has 3 rings (SSSR count). The quantitative estimate of drug-likeness (QED) is 0.873. The van der Waals surface area contributed by atoms with Gasteiger partial charge in [-0.15, -0.1) is 0 Å². The molecule has 1 aliphatic heterocycles. The molecule has 0 radical (unpaired) electrons. The lowest BCUT2D eigenvalue weighted by Crippen LogP contribution is -2.43. The molecule has 3 heterocycles. The Kier molecular flexibility index (Phi) is 5.50. The van der Waals surface area contributed by atoms with Crippen LogP contribution in [0.25, 0.3) is 0 Å². The van der Waals surface area contributed by atoms with Crippen molar-refractivity contribution in [3.8, 4) is 5.88 Å². The fraction of sp³-hybridized carbons (Fsp3) is 0.444. The first-order valence-electron chi connectivity index (χ1n) is 8.57. The van der Waals surface area contributed by atoms with Crippen molar-refractivity contribution in [2.24, 2.45) is 5.92 Å². The number of piperidine rings is 1. The maximum Gasteiger partial charge on any atom is 0.273 e. The summed E-state index contributed by atoms with van der Waals surface area (Å²) in [4.78, 5) is 30.6. The largest absolute Gasteiger partial charge is 0.481 e. The Morgan fingerprint density at radius 1 is 1.42 bits per heavy atom. The number of amides is 2. The van der Waals surface area contributed by atoms with Crippen molar-refractivity contribution in [2.75, 3.05) is 26.7 Å². The van der Waals surface area contributed by atoms with Gasteiger partial charge in [0.2, 0.25) is 5.88 Å². The number of likely N-dealkylation sites (tertiary alicyclic amines) is 1. The van der Waals surface area contributed by atoms with Crippen LogP contribution in [0.4, 0.5) is 0 Å². The van der Waals surface area contributed by atoms with Crippen LogP contribution < -0.4 is 10.1 Å². The molecule has 1 aliphatic rings. The van der Waals surface area contributed by atoms with Gasteiger partial charge in [-0.3, -0.25) is 9.59 Å². The van der Waals surface area contributed by atoms with E-state index in [-0.39, 0.29) is 23.4 Å². The Labute approximate surface area is 151 Å². The first-order valence-corrected chi connectivity index (χ1v) is 8.57. The second-order valence-electron chi connectivity index (χ2n) is 6.38. The number of methoxy groups -OCH3 is 1. The smallest absolute Gasteiger partial charge is 0.273 e. The van der Waals surface area contributed by atoms with Gasteiger partial charge in [0.1, 0.15) is 5.76 Å². The third-order valence-electron chi connectivity index (χ3n) is 4.41. The maximum absolute atomic E-state index is 12.7. The van der Waals surface area contributed by atoms with Gasteiger partial charge >= 0.3 is 0 Å². The van der Waals surface area contributed by atoms with Crippen LogP contribution in [0, 0.1) is 12.8 Å². The molecule has 2 aromatic rings. The van der Waals surface area contributed by atoms with E-state index in [4.69, 9.17) is 9.26 Å². The molecular weight excluding hydrogens is 336 g/mol. The Hall–Kier alpha value is -2.90. The molecule has 1 unspecified atom stereocenters. The first kappa shape index (κ1) is 17.9. The minimum Gasteiger partial charge on any atom is -0.481 e. The number of ether oxygens (including phenoxy) is 1. The van der Waals surface area contributed by atoms with Gasteiger partial charge in [-0.2, -0.15) is 0 Å². The molecule has 1 N–H and O–H groups in total. The molecule has 8 heteroatoms. The van der Waals surface area contributed by atoms with Crippen LogP contribution in [0.1, 0.15) is 39.4 Å². The molecule has 2 aromatic heterocycles. The molecule has 0 aromatic carbocycles. The van der Waals surface area contributed by atoms with Crippen LogP contribution in [0.3, 0.4) is 0 Å². The minimum atomic E-state index is -0.260. The van der Waals surface area contributed by atoms with Gasteiger partial charge < -0.3 is 19.5 Å². The van der Waals surface area contributed by atoms with Crippen molar-refractivity contribution >= 4 is 11.8 Å². The third-order valence-corrected chi connectivity index (χ3v) is 4.41. The van der Waals surface area contributed by atoms with Crippen molar-refractivity contribution in [3.05, 3.63) is 41.4 Å². The molecular formula is C18H22N4O4. The zero-order valence-electron chi connectivity index (χ0n) is 14.9. The molecule has 1 saturated heterocycles. The van der Waals surface area contributed by atoms with Gasteiger partial charge in [0.05, 0.1) is 7.11 Å². The Balaban J connectivity index is 1.56. The number of carbonyl (C=O) groups excluding carboxylic acids is 2. The SMILES string of the molecule is COc1cc(C(=O)N2CCCC(CNC(=O)c3cc(C)on3)C2)ccn1. The van der Waals surface area contributed by atoms with Crippen LogP contribution in [-0.2, 0) is 0 Å². The van der Waals surface area contributed by atoms with Crippen LogP contribution in [0.15, 0.2) is 28.9 Å². The predicted octanol–water partition coefficient (Wildman–Crippen LogP) is 1.67. The standard InChI is InChI=1S/C18H22N4O4/c1-12-8-15(21-26-12)17(23)20-10-13-4-3-7-22(11-13)18(24)14-5-6-19-16(9-14)25-2/h5-6,8-9,13H,3-4,7,10-11H2,1-2H3,(H,20,23). The number of aryl methyl sites for hydroxylation is 1. The van der Waals surface area contributed by atoms with E-state index in [0.717, 1.165) is 12.8 Å². The molecule has 26 heavy (non-hydrogen) atoms. The van der Waals surface area contributed by atoms with Crippen molar-refractivity contribution in [1.29, 1.82) is 0 Å². The zero-order chi connectivity index (χ0) is 18.5. The van der Waals surface area contributed by atoms with E-state index in [1.54, 1.807) is 31.3 Å². The van der Waals surface area contributed by atoms with Gasteiger partial charge in [-0.25, -0.2) is 4.98 Å². The zero-order valence-corrected chi connectivity index (χ0v) is 14.9. The van der Waals surface area contributed by atoms with Crippen molar-refractivity contribution in [1.82, 2.24) is 20.4 Å². The third kappa shape index (κ3) is 4.19. The fourth-order valence-corrected chi connectivity index (χ4v) is 3.05. The molecule has 0 bridgehead atoms. The summed E-state index contributed by atoms with van der Waals surface area (Å²) in [7, 11) is 1.52. The van der Waals surface area contributed by atoms with Gasteiger partial charge in [0.15, 0.2) is 5.69 Å². The van der Waals surface area contributed by atoms with E-state index >= 15 is 0 Å². The lowest BCUT2D eigenvalue weighted by molar-refractivity contribution is 0.0670. The van der Waals surface area contributed by atoms with Gasteiger partial charge in [-0.05, 0) is 31.7 Å². The fourth-order valence-electron chi connectivity index (χ4n) is 3.05. The van der Waals surface area contributed by atoms with E-state index in [1.807, 2.05) is 4.90 Å². The first-order chi connectivity index (χ1) is 12.6. The molecule has 8 nitrogen and oxygen atoms in total. The predicted molar refractivity (Wildman–Crippen MR) is 93.0 cm³/mol. The highest BCUT2D eigenvalue weighted by Crippen LogP contribution is 2.19. The van der Waals surface area contributed by atoms with Crippen molar-refractivity contribution in [2.45, 2.75) is 19.8 Å². The maximum atomic E-state index is 12.7. The van der Waals surface area contributed by atoms with Crippen molar-refractivity contribution in [3.63, 3.8) is 0 Å². The number of hydrogen-bond acceptors (Lipinski definition) is 6. The average Bonchev–Trinajstić information content (AvgIpc) is 3.12. The van der Waals surface area contributed by atoms with Crippen LogP contribution >= 0.6 is 0 Å². The monoisotopic (exact) mass is 358 g/mol. The number of pyridine rings is 1. The molecule has 138 valence electrons. The molecule has 1 atom stereocenters.